The van der Waals surface area contributed by atoms with Crippen LogP contribution in [0.4, 0.5) is 13.2 Å². The molecule has 0 aliphatic heterocycles. The topological polar surface area (TPSA) is 48.4 Å². The lowest BCUT2D eigenvalue weighted by molar-refractivity contribution is -0.141. The number of halogens is 3. The average molecular weight is 311 g/mol. The first-order valence-corrected chi connectivity index (χ1v) is 6.18. The SMILES string of the molecule is COC(=O)c1ccc(C(F)(F)F)nc1-c1ccc(OC)cc1. The predicted octanol–water partition coefficient (Wildman–Crippen LogP) is 3.56. The smallest absolute Gasteiger partial charge is 0.433 e. The van der Waals surface area contributed by atoms with Crippen LogP contribution in [0.3, 0.4) is 0 Å². The molecule has 0 amide bonds. The molecule has 1 heterocycles. The standard InChI is InChI=1S/C15H12F3NO3/c1-21-10-5-3-9(4-6-10)13-11(14(20)22-2)7-8-12(19-13)15(16,17)18/h3-8H,1-2H3. The van der Waals surface area contributed by atoms with E-state index in [1.54, 1.807) is 12.1 Å². The van der Waals surface area contributed by atoms with Crippen LogP contribution in [0.5, 0.6) is 5.75 Å². The van der Waals surface area contributed by atoms with Crippen LogP contribution in [0.25, 0.3) is 11.3 Å². The summed E-state index contributed by atoms with van der Waals surface area (Å²) in [6, 6.07) is 7.98. The van der Waals surface area contributed by atoms with Crippen molar-refractivity contribution in [2.75, 3.05) is 14.2 Å². The number of nitrogens with zero attached hydrogens (tertiary/aromatic N) is 1. The van der Waals surface area contributed by atoms with Crippen molar-refractivity contribution in [2.45, 2.75) is 6.18 Å². The highest BCUT2D eigenvalue weighted by atomic mass is 19.4. The van der Waals surface area contributed by atoms with Gasteiger partial charge in [-0.05, 0) is 36.4 Å². The highest BCUT2D eigenvalue weighted by Crippen LogP contribution is 2.32. The van der Waals surface area contributed by atoms with Crippen molar-refractivity contribution in [1.29, 1.82) is 0 Å². The minimum Gasteiger partial charge on any atom is -0.497 e. The van der Waals surface area contributed by atoms with Gasteiger partial charge in [0.15, 0.2) is 0 Å². The molecule has 0 aliphatic carbocycles. The Hall–Kier alpha value is -2.57. The Labute approximate surface area is 124 Å². The number of methoxy groups -OCH3 is 2. The van der Waals surface area contributed by atoms with Gasteiger partial charge in [0.2, 0.25) is 0 Å². The summed E-state index contributed by atoms with van der Waals surface area (Å²) < 4.78 is 48.0. The van der Waals surface area contributed by atoms with E-state index in [4.69, 9.17) is 4.74 Å². The molecule has 116 valence electrons. The minimum absolute atomic E-state index is 0.0410. The second kappa shape index (κ2) is 6.05. The van der Waals surface area contributed by atoms with E-state index in [0.717, 1.165) is 19.2 Å². The number of benzene rings is 1. The van der Waals surface area contributed by atoms with Crippen LogP contribution in [-0.4, -0.2) is 25.2 Å². The average Bonchev–Trinajstić information content (AvgIpc) is 2.52. The maximum atomic E-state index is 12.8. The molecule has 0 atom stereocenters. The van der Waals surface area contributed by atoms with E-state index in [1.165, 1.54) is 19.2 Å². The lowest BCUT2D eigenvalue weighted by Crippen LogP contribution is -2.12. The molecule has 0 bridgehead atoms. The van der Waals surface area contributed by atoms with Gasteiger partial charge in [0.25, 0.3) is 0 Å². The third-order valence-electron chi connectivity index (χ3n) is 2.95. The van der Waals surface area contributed by atoms with Gasteiger partial charge < -0.3 is 9.47 Å². The molecule has 7 heteroatoms. The monoisotopic (exact) mass is 311 g/mol. The van der Waals surface area contributed by atoms with Crippen LogP contribution in [0.2, 0.25) is 0 Å². The van der Waals surface area contributed by atoms with Crippen LogP contribution >= 0.6 is 0 Å². The van der Waals surface area contributed by atoms with Gasteiger partial charge in [-0.1, -0.05) is 0 Å². The van der Waals surface area contributed by atoms with Gasteiger partial charge in [0.1, 0.15) is 11.4 Å². The maximum Gasteiger partial charge on any atom is 0.433 e. The summed E-state index contributed by atoms with van der Waals surface area (Å²) in [4.78, 5) is 15.3. The van der Waals surface area contributed by atoms with Crippen LogP contribution in [0, 0.1) is 0 Å². The van der Waals surface area contributed by atoms with Gasteiger partial charge in [0, 0.05) is 5.56 Å². The number of carbonyl (C=O) groups is 1. The van der Waals surface area contributed by atoms with E-state index in [1.807, 2.05) is 0 Å². The molecular formula is C15H12F3NO3. The Kier molecular flexibility index (Phi) is 4.35. The molecule has 1 aromatic heterocycles. The Morgan fingerprint density at radius 2 is 1.68 bits per heavy atom. The van der Waals surface area contributed by atoms with Crippen LogP contribution in [-0.2, 0) is 10.9 Å². The first-order chi connectivity index (χ1) is 10.4. The molecule has 0 unspecified atom stereocenters. The Morgan fingerprint density at radius 1 is 1.05 bits per heavy atom. The van der Waals surface area contributed by atoms with Crippen LogP contribution in [0.15, 0.2) is 36.4 Å². The number of esters is 1. The highest BCUT2D eigenvalue weighted by Gasteiger charge is 2.33. The summed E-state index contributed by atoms with van der Waals surface area (Å²) in [6.45, 7) is 0. The van der Waals surface area contributed by atoms with Crippen molar-refractivity contribution >= 4 is 5.97 Å². The van der Waals surface area contributed by atoms with Crippen molar-refractivity contribution in [3.05, 3.63) is 47.7 Å². The van der Waals surface area contributed by atoms with E-state index in [0.29, 0.717) is 11.3 Å². The number of aromatic nitrogens is 1. The van der Waals surface area contributed by atoms with Crippen molar-refractivity contribution in [2.24, 2.45) is 0 Å². The van der Waals surface area contributed by atoms with E-state index in [9.17, 15) is 18.0 Å². The molecule has 0 saturated carbocycles. The van der Waals surface area contributed by atoms with Crippen molar-refractivity contribution in [1.82, 2.24) is 4.98 Å². The first kappa shape index (κ1) is 15.8. The second-order valence-electron chi connectivity index (χ2n) is 4.31. The number of ether oxygens (including phenoxy) is 2. The lowest BCUT2D eigenvalue weighted by atomic mass is 10.0. The van der Waals surface area contributed by atoms with E-state index in [2.05, 4.69) is 9.72 Å². The van der Waals surface area contributed by atoms with Crippen molar-refractivity contribution < 1.29 is 27.4 Å². The van der Waals surface area contributed by atoms with E-state index in [-0.39, 0.29) is 11.3 Å². The minimum atomic E-state index is -4.60. The van der Waals surface area contributed by atoms with Crippen molar-refractivity contribution in [3.8, 4) is 17.0 Å². The molecule has 2 aromatic rings. The normalized spacial score (nSPS) is 11.1. The Morgan fingerprint density at radius 3 is 2.18 bits per heavy atom. The molecular weight excluding hydrogens is 299 g/mol. The van der Waals surface area contributed by atoms with Gasteiger partial charge >= 0.3 is 12.1 Å². The van der Waals surface area contributed by atoms with E-state index >= 15 is 0 Å². The highest BCUT2D eigenvalue weighted by molar-refractivity contribution is 5.96. The zero-order valence-corrected chi connectivity index (χ0v) is 11.8. The summed E-state index contributed by atoms with van der Waals surface area (Å²) in [5, 5.41) is 0. The lowest BCUT2D eigenvalue weighted by Gasteiger charge is -2.12. The molecule has 0 aliphatic rings. The second-order valence-corrected chi connectivity index (χ2v) is 4.31. The predicted molar refractivity (Wildman–Crippen MR) is 72.6 cm³/mol. The first-order valence-electron chi connectivity index (χ1n) is 6.18. The zero-order valence-electron chi connectivity index (χ0n) is 11.8. The molecule has 1 aromatic carbocycles. The molecule has 4 nitrogen and oxygen atoms in total. The third-order valence-corrected chi connectivity index (χ3v) is 2.95. The number of alkyl halides is 3. The molecule has 2 rings (SSSR count). The molecule has 22 heavy (non-hydrogen) atoms. The van der Waals surface area contributed by atoms with Crippen LogP contribution < -0.4 is 4.74 Å². The fourth-order valence-corrected chi connectivity index (χ4v) is 1.86. The molecule has 0 fully saturated rings. The van der Waals surface area contributed by atoms with E-state index < -0.39 is 17.8 Å². The largest absolute Gasteiger partial charge is 0.497 e. The molecule has 0 spiro atoms. The molecule has 0 saturated heterocycles. The molecule has 0 N–H and O–H groups in total. The summed E-state index contributed by atoms with van der Waals surface area (Å²) >= 11 is 0. The van der Waals surface area contributed by atoms with Gasteiger partial charge in [-0.15, -0.1) is 0 Å². The quantitative estimate of drug-likeness (QED) is 0.813. The number of hydrogen-bond acceptors (Lipinski definition) is 4. The van der Waals surface area contributed by atoms with Gasteiger partial charge in [-0.3, -0.25) is 0 Å². The number of hydrogen-bond donors (Lipinski definition) is 0. The summed E-state index contributed by atoms with van der Waals surface area (Å²) in [7, 11) is 2.62. The third kappa shape index (κ3) is 3.19. The van der Waals surface area contributed by atoms with Gasteiger partial charge in [-0.2, -0.15) is 13.2 Å². The Bertz CT molecular complexity index is 681. The summed E-state index contributed by atoms with van der Waals surface area (Å²) in [5.74, 6) is -0.220. The summed E-state index contributed by atoms with van der Waals surface area (Å²) in [6.07, 6.45) is -4.60. The van der Waals surface area contributed by atoms with Gasteiger partial charge in [0.05, 0.1) is 25.5 Å². The molecule has 0 radical (unpaired) electrons. The maximum absolute atomic E-state index is 12.8. The summed E-state index contributed by atoms with van der Waals surface area (Å²) in [5.41, 5.74) is -0.858. The number of rotatable bonds is 3. The van der Waals surface area contributed by atoms with Crippen LogP contribution in [0.1, 0.15) is 16.1 Å². The van der Waals surface area contributed by atoms with Gasteiger partial charge in [-0.25, -0.2) is 9.78 Å². The fraction of sp³-hybridized carbons (Fsp3) is 0.200. The zero-order chi connectivity index (χ0) is 16.3. The fourth-order valence-electron chi connectivity index (χ4n) is 1.86. The Balaban J connectivity index is 2.60. The number of pyridine rings is 1. The van der Waals surface area contributed by atoms with Crippen molar-refractivity contribution in [3.63, 3.8) is 0 Å². The number of carbonyl (C=O) groups excluding carboxylic acids is 1.